The smallest absolute Gasteiger partial charge is 0.416 e. The van der Waals surface area contributed by atoms with Crippen LogP contribution in [0.15, 0.2) is 128 Å². The van der Waals surface area contributed by atoms with Crippen LogP contribution in [-0.4, -0.2) is 45.9 Å². The summed E-state index contributed by atoms with van der Waals surface area (Å²) in [6.45, 7) is 0. The summed E-state index contributed by atoms with van der Waals surface area (Å²) in [5.74, 6) is -1.64. The highest BCUT2D eigenvalue weighted by atomic mass is 19.4. The van der Waals surface area contributed by atoms with Crippen molar-refractivity contribution >= 4 is 40.9 Å². The van der Waals surface area contributed by atoms with E-state index in [0.29, 0.717) is 17.6 Å². The molecule has 3 aromatic carbocycles. The number of carbonyl (C=O) groups is 4. The van der Waals surface area contributed by atoms with Crippen molar-refractivity contribution in [1.29, 1.82) is 0 Å². The monoisotopic (exact) mass is 833 g/mol. The molecule has 0 unspecified atom stereocenters. The van der Waals surface area contributed by atoms with Crippen LogP contribution in [0.2, 0.25) is 0 Å². The normalized spacial score (nSPS) is 10.9. The lowest BCUT2D eigenvalue weighted by molar-refractivity contribution is -0.138. The molecular formula is C40H29F6N7O7. The second kappa shape index (κ2) is 18.9. The summed E-state index contributed by atoms with van der Waals surface area (Å²) in [5.41, 5.74) is 3.65. The van der Waals surface area contributed by atoms with Gasteiger partial charge in [0, 0.05) is 49.8 Å². The van der Waals surface area contributed by atoms with Gasteiger partial charge in [0.2, 0.25) is 0 Å². The van der Waals surface area contributed by atoms with Crippen LogP contribution in [0, 0.1) is 0 Å². The molecule has 0 radical (unpaired) electrons. The summed E-state index contributed by atoms with van der Waals surface area (Å²) >= 11 is 0. The topological polar surface area (TPSA) is 197 Å². The van der Waals surface area contributed by atoms with E-state index in [9.17, 15) is 45.5 Å². The first-order chi connectivity index (χ1) is 28.5. The molecule has 3 heterocycles. The van der Waals surface area contributed by atoms with E-state index >= 15 is 0 Å². The number of hydrogen-bond acceptors (Lipinski definition) is 11. The van der Waals surface area contributed by atoms with Crippen molar-refractivity contribution < 1.29 is 59.7 Å². The van der Waals surface area contributed by atoms with Crippen molar-refractivity contribution in [2.45, 2.75) is 12.4 Å². The van der Waals surface area contributed by atoms with E-state index in [0.717, 1.165) is 30.3 Å². The molecule has 0 atom stereocenters. The van der Waals surface area contributed by atoms with Crippen molar-refractivity contribution in [2.24, 2.45) is 0 Å². The van der Waals surface area contributed by atoms with Gasteiger partial charge in [-0.1, -0.05) is 0 Å². The number of nitrogen functional groups attached to an aromatic ring is 1. The number of ether oxygens (including phenoxy) is 3. The fourth-order valence-corrected chi connectivity index (χ4v) is 4.76. The Morgan fingerprint density at radius 1 is 0.600 bits per heavy atom. The Kier molecular flexibility index (Phi) is 13.6. The third-order valence-electron chi connectivity index (χ3n) is 7.67. The van der Waals surface area contributed by atoms with Crippen LogP contribution in [0.1, 0.15) is 42.3 Å². The van der Waals surface area contributed by atoms with Crippen LogP contribution in [-0.2, 0) is 12.4 Å². The predicted molar refractivity (Wildman–Crippen MR) is 202 cm³/mol. The second-order valence-electron chi connectivity index (χ2n) is 11.9. The van der Waals surface area contributed by atoms with Crippen LogP contribution in [0.25, 0.3) is 0 Å². The molecule has 0 saturated carbocycles. The lowest BCUT2D eigenvalue weighted by atomic mass is 10.1. The molecule has 0 fully saturated rings. The highest BCUT2D eigenvalue weighted by Gasteiger charge is 2.32. The van der Waals surface area contributed by atoms with Crippen LogP contribution >= 0.6 is 0 Å². The van der Waals surface area contributed by atoms with Gasteiger partial charge < -0.3 is 35.9 Å². The van der Waals surface area contributed by atoms with E-state index in [1.807, 2.05) is 0 Å². The highest BCUT2D eigenvalue weighted by Crippen LogP contribution is 2.36. The summed E-state index contributed by atoms with van der Waals surface area (Å²) in [6, 6.07) is 18.6. The SMILES string of the molecule is CNC(=O)c1cc(Oc2ccc(NC(=O)Nc3cc(C(F)(F)F)ccc3OC(=O)c3ccncc3)cc2)ccn1.Nc1cc(C(F)(F)F)ccc1OC(=O)c1ccncc1. The summed E-state index contributed by atoms with van der Waals surface area (Å²) in [6.07, 6.45) is -2.29. The van der Waals surface area contributed by atoms with Gasteiger partial charge in [0.25, 0.3) is 5.91 Å². The number of pyridine rings is 3. The molecule has 3 aromatic heterocycles. The summed E-state index contributed by atoms with van der Waals surface area (Å²) in [5, 5.41) is 7.23. The number of nitrogens with zero attached hydrogens (tertiary/aromatic N) is 3. The molecule has 60 heavy (non-hydrogen) atoms. The van der Waals surface area contributed by atoms with E-state index in [4.69, 9.17) is 19.9 Å². The molecule has 0 spiro atoms. The van der Waals surface area contributed by atoms with Crippen LogP contribution in [0.3, 0.4) is 0 Å². The molecule has 0 aliphatic carbocycles. The third-order valence-corrected chi connectivity index (χ3v) is 7.67. The van der Waals surface area contributed by atoms with E-state index in [2.05, 4.69) is 30.9 Å². The Morgan fingerprint density at radius 3 is 1.67 bits per heavy atom. The number of amides is 3. The Morgan fingerprint density at radius 2 is 1.13 bits per heavy atom. The molecule has 0 saturated heterocycles. The first-order valence-corrected chi connectivity index (χ1v) is 17.0. The number of halogens is 6. The first-order valence-electron chi connectivity index (χ1n) is 17.0. The van der Waals surface area contributed by atoms with Gasteiger partial charge in [-0.3, -0.25) is 19.7 Å². The maximum absolute atomic E-state index is 13.3. The quantitative estimate of drug-likeness (QED) is 0.0472. The molecule has 308 valence electrons. The van der Waals surface area contributed by atoms with Gasteiger partial charge in [0.05, 0.1) is 33.6 Å². The zero-order valence-electron chi connectivity index (χ0n) is 30.7. The minimum atomic E-state index is -4.70. The van der Waals surface area contributed by atoms with Crippen LogP contribution in [0.4, 0.5) is 48.2 Å². The molecule has 0 aliphatic rings. The van der Waals surface area contributed by atoms with Crippen molar-refractivity contribution in [3.63, 3.8) is 0 Å². The number of alkyl halides is 6. The van der Waals surface area contributed by atoms with E-state index in [1.54, 1.807) is 6.07 Å². The number of esters is 2. The average molecular weight is 834 g/mol. The molecule has 6 rings (SSSR count). The standard InChI is InChI=1S/C27H20F3N5O5.C13H9F3N2O2/c1-31-24(36)22-15-20(10-13-33-22)39-19-5-3-18(4-6-19)34-26(38)35-21-14-17(27(28,29)30)2-7-23(21)40-25(37)16-8-11-32-12-9-16;14-13(15,16)9-1-2-11(10(17)7-9)20-12(19)8-3-5-18-6-4-8/h2-15H,1H3,(H,31,36)(H2,34,35,38);1-7H,17H2. The predicted octanol–water partition coefficient (Wildman–Crippen LogP) is 8.41. The van der Waals surface area contributed by atoms with Gasteiger partial charge in [-0.25, -0.2) is 14.4 Å². The summed E-state index contributed by atoms with van der Waals surface area (Å²) in [7, 11) is 1.47. The minimum absolute atomic E-state index is 0.115. The minimum Gasteiger partial charge on any atom is -0.457 e. The Balaban J connectivity index is 0.000000285. The van der Waals surface area contributed by atoms with Crippen LogP contribution < -0.4 is 35.9 Å². The number of aromatic nitrogens is 3. The zero-order valence-corrected chi connectivity index (χ0v) is 30.7. The lowest BCUT2D eigenvalue weighted by Crippen LogP contribution is -2.21. The lowest BCUT2D eigenvalue weighted by Gasteiger charge is -2.15. The summed E-state index contributed by atoms with van der Waals surface area (Å²) < 4.78 is 93.2. The Labute approximate surface area is 335 Å². The highest BCUT2D eigenvalue weighted by molar-refractivity contribution is 6.01. The van der Waals surface area contributed by atoms with Gasteiger partial charge in [-0.05, 0) is 91.0 Å². The van der Waals surface area contributed by atoms with Crippen molar-refractivity contribution in [1.82, 2.24) is 20.3 Å². The van der Waals surface area contributed by atoms with Gasteiger partial charge >= 0.3 is 30.3 Å². The average Bonchev–Trinajstić information content (AvgIpc) is 3.22. The maximum Gasteiger partial charge on any atom is 0.416 e. The number of carbonyl (C=O) groups excluding carboxylic acids is 4. The van der Waals surface area contributed by atoms with Crippen molar-refractivity contribution in [2.75, 3.05) is 23.4 Å². The molecule has 0 bridgehead atoms. The molecule has 0 aliphatic heterocycles. The molecule has 5 N–H and O–H groups in total. The third kappa shape index (κ3) is 12.0. The summed E-state index contributed by atoms with van der Waals surface area (Å²) in [4.78, 5) is 60.0. The molecular weight excluding hydrogens is 804 g/mol. The number of anilines is 3. The molecule has 6 aromatic rings. The number of urea groups is 1. The molecule has 14 nitrogen and oxygen atoms in total. The number of nitrogens with one attached hydrogen (secondary N) is 3. The number of hydrogen-bond donors (Lipinski definition) is 4. The van der Waals surface area contributed by atoms with E-state index < -0.39 is 41.4 Å². The second-order valence-corrected chi connectivity index (χ2v) is 11.9. The van der Waals surface area contributed by atoms with Crippen molar-refractivity contribution in [3.8, 4) is 23.0 Å². The van der Waals surface area contributed by atoms with Gasteiger partial charge in [0.1, 0.15) is 17.2 Å². The van der Waals surface area contributed by atoms with E-state index in [-0.39, 0.29) is 51.3 Å². The van der Waals surface area contributed by atoms with Crippen molar-refractivity contribution in [3.05, 3.63) is 156 Å². The van der Waals surface area contributed by atoms with Gasteiger partial charge in [0.15, 0.2) is 11.5 Å². The van der Waals surface area contributed by atoms with E-state index in [1.165, 1.54) is 92.6 Å². The van der Waals surface area contributed by atoms with Gasteiger partial charge in [-0.15, -0.1) is 0 Å². The number of benzene rings is 3. The zero-order chi connectivity index (χ0) is 43.5. The molecule has 3 amide bonds. The Bertz CT molecular complexity index is 2470. The maximum atomic E-state index is 13.3. The van der Waals surface area contributed by atoms with Gasteiger partial charge in [-0.2, -0.15) is 26.3 Å². The fourth-order valence-electron chi connectivity index (χ4n) is 4.76. The largest absolute Gasteiger partial charge is 0.457 e. The number of rotatable bonds is 9. The first kappa shape index (κ1) is 43.1. The molecule has 20 heteroatoms. The number of nitrogens with two attached hydrogens (primary N) is 1. The Hall–Kier alpha value is -8.03. The fraction of sp³-hybridized carbons (Fsp3) is 0.0750. The van der Waals surface area contributed by atoms with Crippen LogP contribution in [0.5, 0.6) is 23.0 Å².